The zero-order valence-corrected chi connectivity index (χ0v) is 10.4. The van der Waals surface area contributed by atoms with Gasteiger partial charge >= 0.3 is 5.97 Å². The van der Waals surface area contributed by atoms with Crippen molar-refractivity contribution in [2.24, 2.45) is 0 Å². The molecule has 5 nitrogen and oxygen atoms in total. The molecule has 18 heavy (non-hydrogen) atoms. The first-order valence-corrected chi connectivity index (χ1v) is 6.74. The molecule has 3 rings (SSSR count). The third-order valence-corrected chi connectivity index (χ3v) is 4.54. The molecule has 3 heterocycles. The van der Waals surface area contributed by atoms with Gasteiger partial charge in [-0.3, -0.25) is 4.79 Å². The number of carbonyl (C=O) groups is 2. The summed E-state index contributed by atoms with van der Waals surface area (Å²) < 4.78 is 5.66. The maximum Gasteiger partial charge on any atom is 0.345 e. The van der Waals surface area contributed by atoms with Gasteiger partial charge in [0.25, 0.3) is 5.91 Å². The molecule has 2 fully saturated rings. The van der Waals surface area contributed by atoms with Crippen molar-refractivity contribution < 1.29 is 19.4 Å². The fraction of sp³-hybridized carbons (Fsp3) is 0.500. The van der Waals surface area contributed by atoms with Crippen LogP contribution in [0.5, 0.6) is 0 Å². The van der Waals surface area contributed by atoms with Crippen molar-refractivity contribution >= 4 is 23.2 Å². The number of ether oxygens (including phenoxy) is 1. The molecule has 1 aromatic heterocycles. The molecule has 0 aliphatic carbocycles. The quantitative estimate of drug-likeness (QED) is 0.870. The number of carbonyl (C=O) groups excluding carboxylic acids is 1. The molecule has 96 valence electrons. The number of fused-ring (bicyclic) bond motifs is 2. The number of aromatic carboxylic acids is 1. The summed E-state index contributed by atoms with van der Waals surface area (Å²) in [5.41, 5.74) is 0. The predicted molar refractivity (Wildman–Crippen MR) is 65.0 cm³/mol. The zero-order chi connectivity index (χ0) is 12.7. The molecule has 3 atom stereocenters. The lowest BCUT2D eigenvalue weighted by Gasteiger charge is -2.19. The average Bonchev–Trinajstić information content (AvgIpc) is 3.04. The minimum atomic E-state index is -0.998. The Hall–Kier alpha value is -1.40. The summed E-state index contributed by atoms with van der Waals surface area (Å²) in [7, 11) is 0. The van der Waals surface area contributed by atoms with Crippen molar-refractivity contribution in [3.05, 3.63) is 21.9 Å². The van der Waals surface area contributed by atoms with E-state index in [2.05, 4.69) is 5.32 Å². The van der Waals surface area contributed by atoms with Crippen LogP contribution in [0, 0.1) is 0 Å². The summed E-state index contributed by atoms with van der Waals surface area (Å²) >= 11 is 1.00. The first-order valence-electron chi connectivity index (χ1n) is 5.93. The molecule has 2 bridgehead atoms. The number of amides is 1. The number of hydrogen-bond acceptors (Lipinski definition) is 4. The van der Waals surface area contributed by atoms with Crippen LogP contribution in [0.15, 0.2) is 12.1 Å². The SMILES string of the molecule is O=C(O)c1ccc(C(=O)N[C@@H]2C[C@H]3CC[C@@H]2O3)s1. The number of carboxylic acids is 1. The fourth-order valence-electron chi connectivity index (χ4n) is 2.60. The monoisotopic (exact) mass is 267 g/mol. The average molecular weight is 267 g/mol. The lowest BCUT2D eigenvalue weighted by Crippen LogP contribution is -2.41. The van der Waals surface area contributed by atoms with E-state index in [9.17, 15) is 9.59 Å². The summed E-state index contributed by atoms with van der Waals surface area (Å²) in [5.74, 6) is -1.20. The van der Waals surface area contributed by atoms with E-state index in [1.54, 1.807) is 6.07 Å². The third-order valence-electron chi connectivity index (χ3n) is 3.46. The first kappa shape index (κ1) is 11.7. The molecule has 2 N–H and O–H groups in total. The van der Waals surface area contributed by atoms with Crippen LogP contribution in [0.2, 0.25) is 0 Å². The van der Waals surface area contributed by atoms with Crippen LogP contribution in [-0.2, 0) is 4.74 Å². The molecule has 2 aliphatic heterocycles. The second-order valence-electron chi connectivity index (χ2n) is 4.66. The molecule has 0 aromatic carbocycles. The zero-order valence-electron chi connectivity index (χ0n) is 9.59. The number of rotatable bonds is 3. The highest BCUT2D eigenvalue weighted by molar-refractivity contribution is 7.15. The van der Waals surface area contributed by atoms with Crippen molar-refractivity contribution in [1.29, 1.82) is 0 Å². The maximum absolute atomic E-state index is 12.0. The molecule has 1 aromatic rings. The minimum Gasteiger partial charge on any atom is -0.477 e. The lowest BCUT2D eigenvalue weighted by atomic mass is 9.95. The van der Waals surface area contributed by atoms with E-state index in [1.165, 1.54) is 6.07 Å². The topological polar surface area (TPSA) is 75.6 Å². The van der Waals surface area contributed by atoms with E-state index in [0.29, 0.717) is 11.0 Å². The molecular weight excluding hydrogens is 254 g/mol. The van der Waals surface area contributed by atoms with Crippen LogP contribution >= 0.6 is 11.3 Å². The summed E-state index contributed by atoms with van der Waals surface area (Å²) in [6.07, 6.45) is 3.38. The Kier molecular flexibility index (Phi) is 2.83. The van der Waals surface area contributed by atoms with Gasteiger partial charge in [-0.25, -0.2) is 4.79 Å². The number of thiophene rings is 1. The standard InChI is InChI=1S/C12H13NO4S/c14-11(9-3-4-10(18-9)12(15)16)13-7-5-6-1-2-8(7)17-6/h3-4,6-8H,1-2,5H2,(H,13,14)(H,15,16)/t6-,7-,8+/m1/s1. The number of nitrogens with one attached hydrogen (secondary N) is 1. The van der Waals surface area contributed by atoms with Gasteiger partial charge in [0.15, 0.2) is 0 Å². The van der Waals surface area contributed by atoms with Crippen molar-refractivity contribution in [3.8, 4) is 0 Å². The molecule has 1 amide bonds. The Bertz CT molecular complexity index is 498. The molecule has 0 saturated carbocycles. The molecule has 0 radical (unpaired) electrons. The van der Waals surface area contributed by atoms with Crippen molar-refractivity contribution in [1.82, 2.24) is 5.32 Å². The van der Waals surface area contributed by atoms with Crippen molar-refractivity contribution in [3.63, 3.8) is 0 Å². The van der Waals surface area contributed by atoms with Gasteiger partial charge in [-0.2, -0.15) is 0 Å². The first-order chi connectivity index (χ1) is 8.63. The van der Waals surface area contributed by atoms with Gasteiger partial charge in [-0.1, -0.05) is 0 Å². The number of carboxylic acid groups (broad SMARTS) is 1. The van der Waals surface area contributed by atoms with Gasteiger partial charge in [0.05, 0.1) is 23.1 Å². The molecule has 0 unspecified atom stereocenters. The van der Waals surface area contributed by atoms with E-state index in [0.717, 1.165) is 30.6 Å². The van der Waals surface area contributed by atoms with Gasteiger partial charge in [0, 0.05) is 0 Å². The van der Waals surface area contributed by atoms with E-state index in [1.807, 2.05) is 0 Å². The van der Waals surface area contributed by atoms with Crippen LogP contribution in [0.1, 0.15) is 38.6 Å². The smallest absolute Gasteiger partial charge is 0.345 e. The Morgan fingerprint density at radius 1 is 1.33 bits per heavy atom. The highest BCUT2D eigenvalue weighted by Gasteiger charge is 2.41. The van der Waals surface area contributed by atoms with Crippen LogP contribution in [0.4, 0.5) is 0 Å². The van der Waals surface area contributed by atoms with Gasteiger partial charge in [-0.15, -0.1) is 11.3 Å². The van der Waals surface area contributed by atoms with E-state index in [-0.39, 0.29) is 22.9 Å². The van der Waals surface area contributed by atoms with Crippen LogP contribution in [-0.4, -0.2) is 35.2 Å². The Labute approximate surface area is 108 Å². The number of hydrogen-bond donors (Lipinski definition) is 2. The summed E-state index contributed by atoms with van der Waals surface area (Å²) in [4.78, 5) is 23.3. The van der Waals surface area contributed by atoms with Gasteiger partial charge in [-0.05, 0) is 31.4 Å². The van der Waals surface area contributed by atoms with Crippen LogP contribution in [0.3, 0.4) is 0 Å². The fourth-order valence-corrected chi connectivity index (χ4v) is 3.35. The molecule has 6 heteroatoms. The largest absolute Gasteiger partial charge is 0.477 e. The Morgan fingerprint density at radius 3 is 2.67 bits per heavy atom. The molecular formula is C12H13NO4S. The molecule has 2 aliphatic rings. The van der Waals surface area contributed by atoms with Crippen LogP contribution in [0.25, 0.3) is 0 Å². The summed E-state index contributed by atoms with van der Waals surface area (Å²) in [5, 5.41) is 11.7. The maximum atomic E-state index is 12.0. The van der Waals surface area contributed by atoms with Gasteiger partial charge < -0.3 is 15.2 Å². The summed E-state index contributed by atoms with van der Waals surface area (Å²) in [6, 6.07) is 3.09. The molecule has 2 saturated heterocycles. The third kappa shape index (κ3) is 2.02. The second kappa shape index (κ2) is 4.37. The lowest BCUT2D eigenvalue weighted by molar-refractivity contribution is 0.0702. The minimum absolute atomic E-state index is 0.0756. The molecule has 0 spiro atoms. The summed E-state index contributed by atoms with van der Waals surface area (Å²) in [6.45, 7) is 0. The predicted octanol–water partition coefficient (Wildman–Crippen LogP) is 1.50. The normalized spacial score (nSPS) is 29.4. The van der Waals surface area contributed by atoms with Crippen molar-refractivity contribution in [2.45, 2.75) is 37.5 Å². The highest BCUT2D eigenvalue weighted by Crippen LogP contribution is 2.34. The highest BCUT2D eigenvalue weighted by atomic mass is 32.1. The van der Waals surface area contributed by atoms with Crippen LogP contribution < -0.4 is 5.32 Å². The van der Waals surface area contributed by atoms with E-state index in [4.69, 9.17) is 9.84 Å². The van der Waals surface area contributed by atoms with Crippen molar-refractivity contribution in [2.75, 3.05) is 0 Å². The van der Waals surface area contributed by atoms with E-state index < -0.39 is 5.97 Å². The second-order valence-corrected chi connectivity index (χ2v) is 5.74. The Balaban J connectivity index is 1.65. The van der Waals surface area contributed by atoms with Gasteiger partial charge in [0.2, 0.25) is 0 Å². The Morgan fingerprint density at radius 2 is 2.11 bits per heavy atom. The van der Waals surface area contributed by atoms with Gasteiger partial charge in [0.1, 0.15) is 4.88 Å². The van der Waals surface area contributed by atoms with E-state index >= 15 is 0 Å².